The van der Waals surface area contributed by atoms with Crippen LogP contribution in [0.25, 0.3) is 0 Å². The van der Waals surface area contributed by atoms with E-state index in [0.29, 0.717) is 11.8 Å². The molecule has 0 aromatic rings. The molecule has 1 aliphatic heterocycles. The first-order valence-corrected chi connectivity index (χ1v) is 11.6. The minimum absolute atomic E-state index is 0.0253. The van der Waals surface area contributed by atoms with Gasteiger partial charge < -0.3 is 19.9 Å². The highest BCUT2D eigenvalue weighted by atomic mass is 16.7. The Labute approximate surface area is 182 Å². The molecule has 1 saturated heterocycles. The van der Waals surface area contributed by atoms with Crippen molar-refractivity contribution in [2.45, 2.75) is 110 Å². The molecular weight excluding hydrogens is 379 g/mol. The first kappa shape index (κ1) is 23.6. The van der Waals surface area contributed by atoms with E-state index in [0.717, 1.165) is 25.6 Å². The van der Waals surface area contributed by atoms with Gasteiger partial charge in [-0.25, -0.2) is 0 Å². The summed E-state index contributed by atoms with van der Waals surface area (Å²) in [6.07, 6.45) is 3.57. The van der Waals surface area contributed by atoms with Crippen molar-refractivity contribution < 1.29 is 18.9 Å². The molecule has 0 radical (unpaired) electrons. The van der Waals surface area contributed by atoms with Crippen molar-refractivity contribution in [2.24, 2.45) is 23.7 Å². The van der Waals surface area contributed by atoms with Gasteiger partial charge in [-0.1, -0.05) is 13.3 Å². The fraction of sp³-hybridized carbons (Fsp3) is 0.913. The summed E-state index contributed by atoms with van der Waals surface area (Å²) in [4.78, 5) is 25.7. The van der Waals surface area contributed by atoms with Gasteiger partial charge in [-0.05, 0) is 91.3 Å². The minimum atomic E-state index is -0.806. The quantitative estimate of drug-likeness (QED) is 0.645. The van der Waals surface area contributed by atoms with E-state index in [2.05, 4.69) is 45.3 Å². The van der Waals surface area contributed by atoms with Gasteiger partial charge in [-0.15, -0.1) is 0 Å². The maximum absolute atomic E-state index is 13.5. The van der Waals surface area contributed by atoms with Crippen LogP contribution in [0.4, 0.5) is 0 Å². The molecule has 6 nitrogen and oxygen atoms in total. The fourth-order valence-electron chi connectivity index (χ4n) is 5.72. The van der Waals surface area contributed by atoms with Crippen LogP contribution < -0.4 is 10.6 Å². The summed E-state index contributed by atoms with van der Waals surface area (Å²) in [6, 6.07) is 0. The lowest BCUT2D eigenvalue weighted by atomic mass is 9.74. The third-order valence-corrected chi connectivity index (χ3v) is 7.83. The van der Waals surface area contributed by atoms with Gasteiger partial charge in [0.2, 0.25) is 11.8 Å². The Morgan fingerprint density at radius 3 is 2.17 bits per heavy atom. The van der Waals surface area contributed by atoms with Crippen molar-refractivity contribution in [2.75, 3.05) is 0 Å². The predicted molar refractivity (Wildman–Crippen MR) is 119 cm³/mol. The van der Waals surface area contributed by atoms with Crippen LogP contribution in [0.2, 0.25) is 6.32 Å². The highest BCUT2D eigenvalue weighted by Gasteiger charge is 2.71. The zero-order chi connectivity index (χ0) is 22.7. The van der Waals surface area contributed by atoms with E-state index >= 15 is 0 Å². The van der Waals surface area contributed by atoms with E-state index < -0.39 is 5.54 Å². The Balaban J connectivity index is 1.71. The van der Waals surface area contributed by atoms with Gasteiger partial charge in [0.05, 0.1) is 11.2 Å². The van der Waals surface area contributed by atoms with Crippen molar-refractivity contribution in [1.29, 1.82) is 0 Å². The van der Waals surface area contributed by atoms with Crippen LogP contribution in [0.5, 0.6) is 0 Å². The van der Waals surface area contributed by atoms with Crippen LogP contribution in [-0.2, 0) is 18.9 Å². The number of carbonyl (C=O) groups is 2. The molecule has 3 aliphatic rings. The third-order valence-electron chi connectivity index (χ3n) is 7.83. The summed E-state index contributed by atoms with van der Waals surface area (Å²) in [5.74, 6) is 1.20. The van der Waals surface area contributed by atoms with Gasteiger partial charge in [-0.2, -0.15) is 0 Å². The van der Waals surface area contributed by atoms with Crippen molar-refractivity contribution in [3.8, 4) is 0 Å². The molecule has 0 aromatic heterocycles. The van der Waals surface area contributed by atoms with Gasteiger partial charge in [0.25, 0.3) is 0 Å². The van der Waals surface area contributed by atoms with Gasteiger partial charge >= 0.3 is 7.12 Å². The smallest absolute Gasteiger partial charge is 0.403 e. The number of hydrogen-bond donors (Lipinski definition) is 2. The largest absolute Gasteiger partial charge is 0.457 e. The number of carbonyl (C=O) groups excluding carboxylic acids is 2. The second-order valence-electron chi connectivity index (χ2n) is 11.9. The number of rotatable bonds is 6. The summed E-state index contributed by atoms with van der Waals surface area (Å²) < 4.78 is 12.3. The van der Waals surface area contributed by atoms with Crippen LogP contribution in [0.1, 0.15) is 81.6 Å². The molecular formula is C23H41BN2O4. The van der Waals surface area contributed by atoms with Crippen molar-refractivity contribution >= 4 is 18.9 Å². The van der Waals surface area contributed by atoms with E-state index in [1.165, 1.54) is 6.92 Å². The minimum Gasteiger partial charge on any atom is -0.403 e. The van der Waals surface area contributed by atoms with Crippen LogP contribution in [-0.4, -0.2) is 41.2 Å². The summed E-state index contributed by atoms with van der Waals surface area (Å²) in [6.45, 7) is 18.0. The lowest BCUT2D eigenvalue weighted by molar-refractivity contribution is -0.137. The first-order valence-electron chi connectivity index (χ1n) is 11.6. The molecule has 3 rings (SSSR count). The predicted octanol–water partition coefficient (Wildman–Crippen LogP) is 3.55. The fourth-order valence-corrected chi connectivity index (χ4v) is 5.72. The topological polar surface area (TPSA) is 76.7 Å². The van der Waals surface area contributed by atoms with Gasteiger partial charge in [0.1, 0.15) is 5.54 Å². The van der Waals surface area contributed by atoms with E-state index in [-0.39, 0.29) is 47.5 Å². The average Bonchev–Trinajstić information content (AvgIpc) is 2.95. The third kappa shape index (κ3) is 4.16. The van der Waals surface area contributed by atoms with Crippen LogP contribution >= 0.6 is 0 Å². The van der Waals surface area contributed by atoms with E-state index in [9.17, 15) is 9.59 Å². The molecule has 0 aromatic carbocycles. The number of amides is 2. The Hall–Kier alpha value is -1.08. The molecule has 30 heavy (non-hydrogen) atoms. The molecule has 3 unspecified atom stereocenters. The van der Waals surface area contributed by atoms with E-state index in [1.807, 2.05) is 20.8 Å². The molecule has 0 spiro atoms. The van der Waals surface area contributed by atoms with Crippen molar-refractivity contribution in [3.63, 3.8) is 0 Å². The van der Waals surface area contributed by atoms with Crippen LogP contribution in [0.3, 0.4) is 0 Å². The van der Waals surface area contributed by atoms with E-state index in [1.54, 1.807) is 0 Å². The summed E-state index contributed by atoms with van der Waals surface area (Å²) >= 11 is 0. The Bertz CT molecular complexity index is 686. The van der Waals surface area contributed by atoms with Crippen LogP contribution in [0.15, 0.2) is 0 Å². The molecule has 5 atom stereocenters. The highest BCUT2D eigenvalue weighted by molar-refractivity contribution is 6.45. The van der Waals surface area contributed by atoms with Crippen molar-refractivity contribution in [3.05, 3.63) is 0 Å². The SMILES string of the molecule is CC(=O)NC1(C(=O)NC(C)(C)C)C(CCCB2OC(C)(C)C(C)(C)O2)C[C@@H]2C1[C@@H]2C. The first-order chi connectivity index (χ1) is 13.6. The lowest BCUT2D eigenvalue weighted by Crippen LogP contribution is -2.65. The number of fused-ring (bicyclic) bond motifs is 1. The van der Waals surface area contributed by atoms with Gasteiger partial charge in [0.15, 0.2) is 0 Å². The van der Waals surface area contributed by atoms with Gasteiger partial charge in [0, 0.05) is 12.5 Å². The molecule has 2 N–H and O–H groups in total. The number of nitrogens with one attached hydrogen (secondary N) is 2. The molecule has 2 amide bonds. The zero-order valence-corrected chi connectivity index (χ0v) is 20.3. The summed E-state index contributed by atoms with van der Waals surface area (Å²) in [5, 5.41) is 6.31. The molecule has 2 aliphatic carbocycles. The monoisotopic (exact) mass is 420 g/mol. The molecule has 3 fully saturated rings. The normalized spacial score (nSPS) is 36.4. The Morgan fingerprint density at radius 2 is 1.67 bits per heavy atom. The second kappa shape index (κ2) is 7.51. The standard InChI is InChI=1S/C23H41BN2O4/c1-14-17-13-16(11-10-12-24-29-21(6,7)22(8,9)30-24)23(18(14)17,25-15(2)27)19(28)26-20(3,4)5/h14,16-18H,10-13H2,1-9H3,(H,25,27)(H,26,28)/t14-,16?,17+,18?,23?/m1/s1. The maximum Gasteiger partial charge on any atom is 0.457 e. The number of hydrogen-bond acceptors (Lipinski definition) is 4. The average molecular weight is 420 g/mol. The molecule has 7 heteroatoms. The van der Waals surface area contributed by atoms with Crippen LogP contribution in [0, 0.1) is 23.7 Å². The summed E-state index contributed by atoms with van der Waals surface area (Å²) in [7, 11) is -0.219. The molecule has 0 bridgehead atoms. The van der Waals surface area contributed by atoms with Gasteiger partial charge in [-0.3, -0.25) is 9.59 Å². The van der Waals surface area contributed by atoms with Crippen molar-refractivity contribution in [1.82, 2.24) is 10.6 Å². The molecule has 170 valence electrons. The Morgan fingerprint density at radius 1 is 1.10 bits per heavy atom. The molecule has 1 heterocycles. The highest BCUT2D eigenvalue weighted by Crippen LogP contribution is 2.65. The van der Waals surface area contributed by atoms with E-state index in [4.69, 9.17) is 9.31 Å². The zero-order valence-electron chi connectivity index (χ0n) is 20.3. The summed E-state index contributed by atoms with van der Waals surface area (Å²) in [5.41, 5.74) is -1.80. The second-order valence-corrected chi connectivity index (χ2v) is 11.9. The maximum atomic E-state index is 13.5. The molecule has 2 saturated carbocycles. The Kier molecular flexibility index (Phi) is 5.90. The lowest BCUT2D eigenvalue weighted by Gasteiger charge is -2.40.